The fourth-order valence-electron chi connectivity index (χ4n) is 15.6. The molecule has 0 spiro atoms. The minimum atomic E-state index is 0.568. The van der Waals surface area contributed by atoms with Crippen molar-refractivity contribution in [2.75, 3.05) is 0 Å². The van der Waals surface area contributed by atoms with Crippen LogP contribution in [0.5, 0.6) is 0 Å². The summed E-state index contributed by atoms with van der Waals surface area (Å²) in [5.41, 5.74) is 36.6. The molecule has 0 saturated heterocycles. The number of rotatable bonds is 5. The van der Waals surface area contributed by atoms with Crippen LogP contribution in [0.2, 0.25) is 0 Å². The van der Waals surface area contributed by atoms with E-state index in [4.69, 9.17) is 19.9 Å². The lowest BCUT2D eigenvalue weighted by atomic mass is 9.88. The summed E-state index contributed by atoms with van der Waals surface area (Å²) in [7, 11) is 0. The molecule has 17 rings (SSSR count). The maximum Gasteiger partial charge on any atom is 0.164 e. The molecule has 2 aliphatic heterocycles. The molecule has 438 valence electrons. The zero-order chi connectivity index (χ0) is 62.2. The summed E-state index contributed by atoms with van der Waals surface area (Å²) in [6, 6.07) is 77.0. The summed E-state index contributed by atoms with van der Waals surface area (Å²) < 4.78 is 4.91. The molecule has 0 atom stereocenters. The van der Waals surface area contributed by atoms with Crippen LogP contribution in [0.15, 0.2) is 212 Å². The van der Waals surface area contributed by atoms with E-state index in [9.17, 15) is 0 Å². The molecule has 0 radical (unpaired) electrons. The highest BCUT2D eigenvalue weighted by Gasteiger charge is 2.25. The Balaban J connectivity index is 1.01. The number of fused-ring (bicyclic) bond motifs is 5. The predicted octanol–water partition coefficient (Wildman–Crippen LogP) is 22.2. The quantitative estimate of drug-likeness (QED) is 0.172. The van der Waals surface area contributed by atoms with E-state index in [0.717, 1.165) is 78.1 Å². The van der Waals surface area contributed by atoms with Gasteiger partial charge in [-0.05, 0) is 256 Å². The van der Waals surface area contributed by atoms with Gasteiger partial charge in [0, 0.05) is 55.7 Å². The van der Waals surface area contributed by atoms with Crippen LogP contribution in [-0.4, -0.2) is 29.1 Å². The molecule has 0 unspecified atom stereocenters. The number of nitrogens with zero attached hydrogens (tertiary/aromatic N) is 6. The van der Waals surface area contributed by atoms with Gasteiger partial charge < -0.3 is 9.13 Å². The van der Waals surface area contributed by atoms with Gasteiger partial charge in [0.15, 0.2) is 17.5 Å². The van der Waals surface area contributed by atoms with E-state index >= 15 is 0 Å². The Morgan fingerprint density at radius 1 is 0.264 bits per heavy atom. The number of aromatic nitrogens is 6. The van der Waals surface area contributed by atoms with Crippen LogP contribution in [0.1, 0.15) is 61.2 Å². The minimum absolute atomic E-state index is 0.568. The third-order valence-corrected chi connectivity index (χ3v) is 19.1. The first-order valence-corrected chi connectivity index (χ1v) is 31.7. The lowest BCUT2D eigenvalue weighted by Crippen LogP contribution is -2.03. The molecule has 2 aliphatic rings. The van der Waals surface area contributed by atoms with Gasteiger partial charge in [-0.25, -0.2) is 15.0 Å². The van der Waals surface area contributed by atoms with E-state index < -0.39 is 0 Å². The summed E-state index contributed by atoms with van der Waals surface area (Å²) in [5.74, 6) is 1.76. The Morgan fingerprint density at radius 3 is 1.13 bits per heavy atom. The SMILES string of the molecule is Cc1cc(C)c(-c2ccc3c(c2)c2cc4ccc2n3-c2ccnc(c2)-c2cc(ccc2-n2c3ccc(-c5c(C)cc(C)cc5C)cc3c3cc(-c5c(C)cc(C)cc5C)ccc32)-c2nc(-c3ccccc3)nc(n2)-c2cccc(c2)-c2cc(C)cc(C)c2-4)c(C)c1. The largest absolute Gasteiger partial charge is 0.309 e. The number of pyridine rings is 1. The first-order valence-electron chi connectivity index (χ1n) is 31.7. The zero-order valence-corrected chi connectivity index (χ0v) is 53.4. The van der Waals surface area contributed by atoms with Crippen molar-refractivity contribution in [1.82, 2.24) is 29.1 Å². The van der Waals surface area contributed by atoms with Crippen LogP contribution in [-0.2, 0) is 0 Å². The second-order valence-corrected chi connectivity index (χ2v) is 25.8. The lowest BCUT2D eigenvalue weighted by molar-refractivity contribution is 1.07. The van der Waals surface area contributed by atoms with Gasteiger partial charge in [0.05, 0.1) is 33.4 Å². The van der Waals surface area contributed by atoms with Crippen molar-refractivity contribution in [1.29, 1.82) is 0 Å². The number of hydrogen-bond donors (Lipinski definition) is 0. The van der Waals surface area contributed by atoms with Gasteiger partial charge in [-0.3, -0.25) is 4.98 Å². The van der Waals surface area contributed by atoms with Gasteiger partial charge in [-0.1, -0.05) is 144 Å². The normalized spacial score (nSPS) is 11.9. The topological polar surface area (TPSA) is 61.4 Å². The molecule has 0 aliphatic carbocycles. The van der Waals surface area contributed by atoms with Crippen molar-refractivity contribution in [3.8, 4) is 112 Å². The molecular formula is C85H68N6. The molecule has 0 N–H and O–H groups in total. The molecule has 0 fully saturated rings. The molecule has 12 bridgehead atoms. The smallest absolute Gasteiger partial charge is 0.164 e. The van der Waals surface area contributed by atoms with Crippen LogP contribution in [0.4, 0.5) is 0 Å². The van der Waals surface area contributed by atoms with E-state index in [2.05, 4.69) is 273 Å². The van der Waals surface area contributed by atoms with Crippen molar-refractivity contribution in [2.45, 2.75) is 76.2 Å². The number of hydrogen-bond acceptors (Lipinski definition) is 4. The van der Waals surface area contributed by atoms with Gasteiger partial charge in [0.1, 0.15) is 0 Å². The van der Waals surface area contributed by atoms with Crippen LogP contribution >= 0.6 is 0 Å². The summed E-state index contributed by atoms with van der Waals surface area (Å²) in [5, 5.41) is 4.71. The molecule has 6 heteroatoms. The lowest BCUT2D eigenvalue weighted by Gasteiger charge is -2.17. The van der Waals surface area contributed by atoms with Crippen LogP contribution in [0, 0.1) is 76.2 Å². The van der Waals surface area contributed by atoms with E-state index in [1.165, 1.54) is 122 Å². The first kappa shape index (κ1) is 55.5. The molecular weight excluding hydrogens is 1100 g/mol. The highest BCUT2D eigenvalue weighted by molar-refractivity contribution is 6.14. The summed E-state index contributed by atoms with van der Waals surface area (Å²) in [4.78, 5) is 21.6. The Bertz CT molecular complexity index is 5410. The van der Waals surface area contributed by atoms with Crippen LogP contribution in [0.3, 0.4) is 0 Å². The van der Waals surface area contributed by atoms with Crippen molar-refractivity contribution >= 4 is 43.6 Å². The fraction of sp³-hybridized carbons (Fsp3) is 0.129. The average molecular weight is 1170 g/mol. The summed E-state index contributed by atoms with van der Waals surface area (Å²) in [6.45, 7) is 24.5. The van der Waals surface area contributed by atoms with Gasteiger partial charge >= 0.3 is 0 Å². The molecule has 91 heavy (non-hydrogen) atoms. The second kappa shape index (κ2) is 21.2. The molecule has 15 aromatic rings. The van der Waals surface area contributed by atoms with Gasteiger partial charge in [-0.15, -0.1) is 0 Å². The fourth-order valence-corrected chi connectivity index (χ4v) is 15.6. The molecule has 0 saturated carbocycles. The van der Waals surface area contributed by atoms with Crippen molar-refractivity contribution in [3.05, 3.63) is 274 Å². The van der Waals surface area contributed by atoms with E-state index in [0.29, 0.717) is 17.5 Å². The zero-order valence-electron chi connectivity index (χ0n) is 53.4. The van der Waals surface area contributed by atoms with E-state index in [1.54, 1.807) is 0 Å². The van der Waals surface area contributed by atoms with E-state index in [-0.39, 0.29) is 0 Å². The maximum absolute atomic E-state index is 5.47. The van der Waals surface area contributed by atoms with Crippen molar-refractivity contribution in [2.24, 2.45) is 0 Å². The van der Waals surface area contributed by atoms with Gasteiger partial charge in [0.2, 0.25) is 0 Å². The maximum atomic E-state index is 5.47. The van der Waals surface area contributed by atoms with Crippen molar-refractivity contribution < 1.29 is 0 Å². The van der Waals surface area contributed by atoms with Gasteiger partial charge in [0.25, 0.3) is 0 Å². The molecule has 0 amide bonds. The predicted molar refractivity (Wildman–Crippen MR) is 381 cm³/mol. The summed E-state index contributed by atoms with van der Waals surface area (Å²) >= 11 is 0. The molecule has 6 nitrogen and oxygen atoms in total. The number of benzene rings is 11. The Morgan fingerprint density at radius 2 is 0.648 bits per heavy atom. The van der Waals surface area contributed by atoms with Gasteiger partial charge in [-0.2, -0.15) is 0 Å². The third kappa shape index (κ3) is 9.22. The Labute approximate surface area is 531 Å². The highest BCUT2D eigenvalue weighted by atomic mass is 15.0. The minimum Gasteiger partial charge on any atom is -0.309 e. The Kier molecular flexibility index (Phi) is 12.9. The summed E-state index contributed by atoms with van der Waals surface area (Å²) in [6.07, 6.45) is 1.98. The Hall–Kier alpha value is -10.8. The van der Waals surface area contributed by atoms with Crippen LogP contribution in [0.25, 0.3) is 156 Å². The monoisotopic (exact) mass is 1170 g/mol. The van der Waals surface area contributed by atoms with Crippen molar-refractivity contribution in [3.63, 3.8) is 0 Å². The highest BCUT2D eigenvalue weighted by Crippen LogP contribution is 2.46. The van der Waals surface area contributed by atoms with Crippen LogP contribution < -0.4 is 0 Å². The average Bonchev–Trinajstić information content (AvgIpc) is 1.62. The first-order chi connectivity index (χ1) is 44.1. The molecule has 11 aromatic carbocycles. The third-order valence-electron chi connectivity index (χ3n) is 19.1. The van der Waals surface area contributed by atoms with E-state index in [1.807, 2.05) is 24.4 Å². The molecule has 6 heterocycles. The standard InChI is InChI=1S/C85H68N6/c1-47-32-51(5)79(52(6)33-47)60-20-25-74-68(41-60)69-44-63-23-26-75(69)90(74)66-30-31-86-73(46-66)72-45-65(85-88-83(58-16-13-12-14-17-58)87-84(89-85)64-19-15-18-59(40-64)67-39-50(4)38-57(11)82(63)67)24-29-78(72)91-76-27-21-61(80-53(7)34-48(2)35-54(80)8)42-70(76)71-43-62(22-28-77(71)91)81-55(9)36-49(3)37-56(81)10/h12-46H,1-11H3. The molecule has 4 aromatic heterocycles. The second-order valence-electron chi connectivity index (χ2n) is 25.8. The number of aryl methyl sites for hydroxylation is 11.